The van der Waals surface area contributed by atoms with Crippen LogP contribution in [0.3, 0.4) is 0 Å². The number of hydrogen-bond donors (Lipinski definition) is 1. The minimum absolute atomic E-state index is 0.120. The number of anilines is 1. The quantitative estimate of drug-likeness (QED) is 0.939. The SMILES string of the molecule is Cc1nc(N2CCN(C(C)C)CC2)ccc1[C@@H](N)c1ccccc1. The molecule has 128 valence electrons. The molecule has 4 heteroatoms. The van der Waals surface area contributed by atoms with Gasteiger partial charge in [-0.05, 0) is 38.0 Å². The Balaban J connectivity index is 1.74. The Morgan fingerprint density at radius 3 is 2.21 bits per heavy atom. The molecule has 2 aromatic rings. The highest BCUT2D eigenvalue weighted by atomic mass is 15.3. The Kier molecular flexibility index (Phi) is 5.17. The van der Waals surface area contributed by atoms with Crippen molar-refractivity contribution in [3.05, 3.63) is 59.3 Å². The first-order valence-corrected chi connectivity index (χ1v) is 8.83. The van der Waals surface area contributed by atoms with Crippen LogP contribution in [0.15, 0.2) is 42.5 Å². The summed E-state index contributed by atoms with van der Waals surface area (Å²) in [5.74, 6) is 1.07. The molecule has 4 nitrogen and oxygen atoms in total. The van der Waals surface area contributed by atoms with Crippen molar-refractivity contribution in [3.8, 4) is 0 Å². The number of piperazine rings is 1. The van der Waals surface area contributed by atoms with Crippen LogP contribution >= 0.6 is 0 Å². The molecule has 1 atom stereocenters. The molecular weight excluding hydrogens is 296 g/mol. The molecule has 0 amide bonds. The van der Waals surface area contributed by atoms with Crippen molar-refractivity contribution in [3.63, 3.8) is 0 Å². The summed E-state index contributed by atoms with van der Waals surface area (Å²) in [4.78, 5) is 9.74. The number of benzene rings is 1. The molecule has 1 aromatic heterocycles. The van der Waals surface area contributed by atoms with Gasteiger partial charge in [0.05, 0.1) is 6.04 Å². The Morgan fingerprint density at radius 2 is 1.62 bits per heavy atom. The highest BCUT2D eigenvalue weighted by molar-refractivity contribution is 5.44. The smallest absolute Gasteiger partial charge is 0.128 e. The Morgan fingerprint density at radius 1 is 0.958 bits per heavy atom. The fourth-order valence-electron chi connectivity index (χ4n) is 3.37. The van der Waals surface area contributed by atoms with Gasteiger partial charge in [0.15, 0.2) is 0 Å². The number of nitrogens with two attached hydrogens (primary N) is 1. The van der Waals surface area contributed by atoms with Crippen LogP contribution in [-0.2, 0) is 0 Å². The van der Waals surface area contributed by atoms with Crippen LogP contribution in [-0.4, -0.2) is 42.1 Å². The molecule has 0 unspecified atom stereocenters. The maximum atomic E-state index is 6.44. The standard InChI is InChI=1S/C20H28N4/c1-15(2)23-11-13-24(14-12-23)19-10-9-18(16(3)22-19)20(21)17-7-5-4-6-8-17/h4-10,15,20H,11-14,21H2,1-3H3/t20-/m0/s1. The van der Waals surface area contributed by atoms with Crippen molar-refractivity contribution >= 4 is 5.82 Å². The summed E-state index contributed by atoms with van der Waals surface area (Å²) in [6.07, 6.45) is 0. The maximum Gasteiger partial charge on any atom is 0.128 e. The number of aromatic nitrogens is 1. The number of aryl methyl sites for hydroxylation is 1. The molecule has 1 aliphatic heterocycles. The van der Waals surface area contributed by atoms with Gasteiger partial charge in [-0.15, -0.1) is 0 Å². The van der Waals surface area contributed by atoms with Gasteiger partial charge in [0.25, 0.3) is 0 Å². The molecule has 1 saturated heterocycles. The predicted octanol–water partition coefficient (Wildman–Crippen LogP) is 2.97. The molecule has 3 rings (SSSR count). The summed E-state index contributed by atoms with van der Waals surface area (Å²) in [7, 11) is 0. The van der Waals surface area contributed by atoms with Gasteiger partial charge in [0.1, 0.15) is 5.82 Å². The van der Waals surface area contributed by atoms with Gasteiger partial charge in [-0.3, -0.25) is 4.90 Å². The number of rotatable bonds is 4. The first kappa shape index (κ1) is 16.9. The lowest BCUT2D eigenvalue weighted by molar-refractivity contribution is 0.209. The molecule has 2 N–H and O–H groups in total. The van der Waals surface area contributed by atoms with Gasteiger partial charge in [-0.2, -0.15) is 0 Å². The van der Waals surface area contributed by atoms with Crippen molar-refractivity contribution in [1.29, 1.82) is 0 Å². The van der Waals surface area contributed by atoms with Gasteiger partial charge in [-0.1, -0.05) is 36.4 Å². The van der Waals surface area contributed by atoms with E-state index in [9.17, 15) is 0 Å². The van der Waals surface area contributed by atoms with E-state index >= 15 is 0 Å². The van der Waals surface area contributed by atoms with E-state index in [0.717, 1.165) is 48.8 Å². The van der Waals surface area contributed by atoms with Gasteiger partial charge in [0, 0.05) is 37.9 Å². The van der Waals surface area contributed by atoms with E-state index in [4.69, 9.17) is 10.7 Å². The van der Waals surface area contributed by atoms with Gasteiger partial charge >= 0.3 is 0 Å². The molecule has 2 heterocycles. The van der Waals surface area contributed by atoms with Crippen LogP contribution in [0.2, 0.25) is 0 Å². The molecule has 1 fully saturated rings. The summed E-state index contributed by atoms with van der Waals surface area (Å²) in [5.41, 5.74) is 9.69. The summed E-state index contributed by atoms with van der Waals surface area (Å²) >= 11 is 0. The predicted molar refractivity (Wildman–Crippen MR) is 100 cm³/mol. The zero-order valence-electron chi connectivity index (χ0n) is 14.9. The van der Waals surface area contributed by atoms with E-state index in [1.165, 1.54) is 0 Å². The Labute approximate surface area is 145 Å². The second kappa shape index (κ2) is 7.32. The lowest BCUT2D eigenvalue weighted by Crippen LogP contribution is -2.49. The van der Waals surface area contributed by atoms with Gasteiger partial charge < -0.3 is 10.6 Å². The van der Waals surface area contributed by atoms with E-state index in [-0.39, 0.29) is 6.04 Å². The third-order valence-electron chi connectivity index (χ3n) is 4.97. The van der Waals surface area contributed by atoms with Crippen molar-refractivity contribution in [1.82, 2.24) is 9.88 Å². The minimum atomic E-state index is -0.120. The van der Waals surface area contributed by atoms with E-state index in [1.807, 2.05) is 18.2 Å². The molecule has 0 bridgehead atoms. The van der Waals surface area contributed by atoms with E-state index < -0.39 is 0 Å². The van der Waals surface area contributed by atoms with Crippen molar-refractivity contribution in [2.24, 2.45) is 5.73 Å². The van der Waals surface area contributed by atoms with Crippen molar-refractivity contribution in [2.45, 2.75) is 32.9 Å². The van der Waals surface area contributed by atoms with Crippen LogP contribution in [0.25, 0.3) is 0 Å². The second-order valence-corrected chi connectivity index (χ2v) is 6.85. The van der Waals surface area contributed by atoms with Crippen LogP contribution in [0.1, 0.15) is 36.7 Å². The summed E-state index contributed by atoms with van der Waals surface area (Å²) in [5, 5.41) is 0. The average Bonchev–Trinajstić information content (AvgIpc) is 2.62. The van der Waals surface area contributed by atoms with E-state index in [0.29, 0.717) is 6.04 Å². The number of nitrogens with zero attached hydrogens (tertiary/aromatic N) is 3. The monoisotopic (exact) mass is 324 g/mol. The second-order valence-electron chi connectivity index (χ2n) is 6.85. The third kappa shape index (κ3) is 3.60. The molecule has 0 saturated carbocycles. The first-order valence-electron chi connectivity index (χ1n) is 8.83. The van der Waals surface area contributed by atoms with Crippen LogP contribution < -0.4 is 10.6 Å². The highest BCUT2D eigenvalue weighted by Gasteiger charge is 2.20. The maximum absolute atomic E-state index is 6.44. The summed E-state index contributed by atoms with van der Waals surface area (Å²) in [6.45, 7) is 10.9. The van der Waals surface area contributed by atoms with Crippen LogP contribution in [0.4, 0.5) is 5.82 Å². The Hall–Kier alpha value is -1.91. The molecule has 1 aliphatic rings. The average molecular weight is 324 g/mol. The molecule has 0 spiro atoms. The largest absolute Gasteiger partial charge is 0.354 e. The third-order valence-corrected chi connectivity index (χ3v) is 4.97. The molecule has 0 aliphatic carbocycles. The summed E-state index contributed by atoms with van der Waals surface area (Å²) < 4.78 is 0. The highest BCUT2D eigenvalue weighted by Crippen LogP contribution is 2.24. The molecule has 24 heavy (non-hydrogen) atoms. The zero-order valence-corrected chi connectivity index (χ0v) is 14.9. The lowest BCUT2D eigenvalue weighted by atomic mass is 9.98. The Bertz CT molecular complexity index is 661. The van der Waals surface area contributed by atoms with Crippen LogP contribution in [0.5, 0.6) is 0 Å². The first-order chi connectivity index (χ1) is 11.6. The van der Waals surface area contributed by atoms with Crippen molar-refractivity contribution in [2.75, 3.05) is 31.1 Å². The van der Waals surface area contributed by atoms with Crippen LogP contribution in [0, 0.1) is 6.92 Å². The fourth-order valence-corrected chi connectivity index (χ4v) is 3.37. The van der Waals surface area contributed by atoms with Gasteiger partial charge in [-0.25, -0.2) is 4.98 Å². The minimum Gasteiger partial charge on any atom is -0.354 e. The zero-order chi connectivity index (χ0) is 17.1. The fraction of sp³-hybridized carbons (Fsp3) is 0.450. The summed E-state index contributed by atoms with van der Waals surface area (Å²) in [6, 6.07) is 15.0. The number of pyridine rings is 1. The normalized spacial score (nSPS) is 17.3. The molecular formula is C20H28N4. The van der Waals surface area contributed by atoms with E-state index in [1.54, 1.807) is 0 Å². The number of hydrogen-bond acceptors (Lipinski definition) is 4. The van der Waals surface area contributed by atoms with Gasteiger partial charge in [0.2, 0.25) is 0 Å². The topological polar surface area (TPSA) is 45.4 Å². The lowest BCUT2D eigenvalue weighted by Gasteiger charge is -2.37. The van der Waals surface area contributed by atoms with E-state index in [2.05, 4.69) is 54.8 Å². The van der Waals surface area contributed by atoms with Crippen molar-refractivity contribution < 1.29 is 0 Å². The molecule has 0 radical (unpaired) electrons. The molecule has 1 aromatic carbocycles.